The van der Waals surface area contributed by atoms with Crippen LogP contribution in [0.4, 0.5) is 4.39 Å². The average Bonchev–Trinajstić information content (AvgIpc) is 2.94. The fourth-order valence-corrected chi connectivity index (χ4v) is 3.19. The summed E-state index contributed by atoms with van der Waals surface area (Å²) in [7, 11) is 1.98. The van der Waals surface area contributed by atoms with E-state index in [2.05, 4.69) is 15.2 Å². The van der Waals surface area contributed by atoms with Crippen molar-refractivity contribution in [3.8, 4) is 0 Å². The Hall–Kier alpha value is -1.14. The van der Waals surface area contributed by atoms with Crippen molar-refractivity contribution in [1.82, 2.24) is 19.8 Å². The van der Waals surface area contributed by atoms with E-state index in [0.29, 0.717) is 11.6 Å². The van der Waals surface area contributed by atoms with E-state index in [1.165, 1.54) is 6.07 Å². The van der Waals surface area contributed by atoms with Gasteiger partial charge in [-0.15, -0.1) is 0 Å². The highest BCUT2D eigenvalue weighted by Gasteiger charge is 2.27. The van der Waals surface area contributed by atoms with Gasteiger partial charge < -0.3 is 9.88 Å². The van der Waals surface area contributed by atoms with Gasteiger partial charge in [0.2, 0.25) is 0 Å². The summed E-state index contributed by atoms with van der Waals surface area (Å²) >= 11 is 12.1. The molecule has 1 aliphatic rings. The monoisotopic (exact) mass is 342 g/mol. The Morgan fingerprint density at radius 2 is 2.18 bits per heavy atom. The Balaban J connectivity index is 1.86. The van der Waals surface area contributed by atoms with Crippen molar-refractivity contribution in [3.05, 3.63) is 51.8 Å². The van der Waals surface area contributed by atoms with Crippen LogP contribution in [0.25, 0.3) is 0 Å². The van der Waals surface area contributed by atoms with Crippen molar-refractivity contribution < 1.29 is 4.39 Å². The number of rotatable bonds is 3. The minimum absolute atomic E-state index is 0.0113. The summed E-state index contributed by atoms with van der Waals surface area (Å²) in [6, 6.07) is 3.21. The molecule has 22 heavy (non-hydrogen) atoms. The highest BCUT2D eigenvalue weighted by Crippen LogP contribution is 2.31. The van der Waals surface area contributed by atoms with E-state index in [-0.39, 0.29) is 11.1 Å². The van der Waals surface area contributed by atoms with Crippen molar-refractivity contribution in [2.75, 3.05) is 19.6 Å². The molecule has 2 heterocycles. The van der Waals surface area contributed by atoms with Gasteiger partial charge in [0.1, 0.15) is 11.6 Å². The molecule has 1 aliphatic heterocycles. The standard InChI is InChI=1S/C15H17Cl2FN4/c1-21-6-5-20-15(21)12-8-19-4-7-22(12)9-10-2-3-11(18)14(17)13(10)16/h2-3,5-6,12,19H,4,7-9H2,1H3. The third-order valence-corrected chi connectivity index (χ3v) is 4.90. The summed E-state index contributed by atoms with van der Waals surface area (Å²) in [5, 5.41) is 3.67. The van der Waals surface area contributed by atoms with Crippen molar-refractivity contribution in [2.45, 2.75) is 12.6 Å². The maximum absolute atomic E-state index is 13.4. The van der Waals surface area contributed by atoms with Crippen LogP contribution in [-0.4, -0.2) is 34.1 Å². The number of hydrogen-bond donors (Lipinski definition) is 1. The minimum atomic E-state index is -0.489. The number of piperazine rings is 1. The fraction of sp³-hybridized carbons (Fsp3) is 0.400. The Bertz CT molecular complexity index is 674. The van der Waals surface area contributed by atoms with Crippen LogP contribution >= 0.6 is 23.2 Å². The lowest BCUT2D eigenvalue weighted by atomic mass is 10.1. The minimum Gasteiger partial charge on any atom is -0.337 e. The van der Waals surface area contributed by atoms with Gasteiger partial charge in [-0.1, -0.05) is 29.3 Å². The van der Waals surface area contributed by atoms with Crippen LogP contribution in [0, 0.1) is 5.82 Å². The fourth-order valence-electron chi connectivity index (χ4n) is 2.80. The van der Waals surface area contributed by atoms with Crippen molar-refractivity contribution in [3.63, 3.8) is 0 Å². The van der Waals surface area contributed by atoms with Gasteiger partial charge in [0, 0.05) is 45.6 Å². The number of aryl methyl sites for hydroxylation is 1. The second-order valence-corrected chi connectivity index (χ2v) is 6.18. The van der Waals surface area contributed by atoms with Crippen LogP contribution in [0.2, 0.25) is 10.0 Å². The molecule has 0 radical (unpaired) electrons. The number of aromatic nitrogens is 2. The lowest BCUT2D eigenvalue weighted by Crippen LogP contribution is -2.46. The molecule has 1 unspecified atom stereocenters. The molecule has 7 heteroatoms. The average molecular weight is 343 g/mol. The van der Waals surface area contributed by atoms with Crippen LogP contribution < -0.4 is 5.32 Å². The molecular weight excluding hydrogens is 326 g/mol. The van der Waals surface area contributed by atoms with Gasteiger partial charge in [0.15, 0.2) is 0 Å². The lowest BCUT2D eigenvalue weighted by molar-refractivity contribution is 0.145. The summed E-state index contributed by atoms with van der Waals surface area (Å²) in [6.07, 6.45) is 3.73. The Labute approximate surface area is 138 Å². The van der Waals surface area contributed by atoms with E-state index in [1.54, 1.807) is 12.3 Å². The van der Waals surface area contributed by atoms with Crippen LogP contribution in [0.5, 0.6) is 0 Å². The Morgan fingerprint density at radius 3 is 2.91 bits per heavy atom. The number of hydrogen-bond acceptors (Lipinski definition) is 3. The summed E-state index contributed by atoms with van der Waals surface area (Å²) < 4.78 is 15.5. The lowest BCUT2D eigenvalue weighted by Gasteiger charge is -2.36. The number of nitrogens with zero attached hydrogens (tertiary/aromatic N) is 3. The van der Waals surface area contributed by atoms with Gasteiger partial charge in [-0.25, -0.2) is 9.37 Å². The van der Waals surface area contributed by atoms with Crippen LogP contribution in [0.1, 0.15) is 17.4 Å². The molecule has 0 aliphatic carbocycles. The highest BCUT2D eigenvalue weighted by molar-refractivity contribution is 6.42. The van der Waals surface area contributed by atoms with E-state index in [4.69, 9.17) is 23.2 Å². The molecule has 118 valence electrons. The third kappa shape index (κ3) is 2.99. The predicted octanol–water partition coefficient (Wildman–Crippen LogP) is 3.01. The van der Waals surface area contributed by atoms with Crippen molar-refractivity contribution >= 4 is 23.2 Å². The quantitative estimate of drug-likeness (QED) is 0.870. The Morgan fingerprint density at radius 1 is 1.36 bits per heavy atom. The number of nitrogens with one attached hydrogen (secondary N) is 1. The predicted molar refractivity (Wildman–Crippen MR) is 85.6 cm³/mol. The number of halogens is 3. The van der Waals surface area contributed by atoms with E-state index >= 15 is 0 Å². The normalized spacial score (nSPS) is 19.5. The molecular formula is C15H17Cl2FN4. The second kappa shape index (κ2) is 6.54. The van der Waals surface area contributed by atoms with Gasteiger partial charge in [0.25, 0.3) is 0 Å². The van der Waals surface area contributed by atoms with Crippen molar-refractivity contribution in [2.24, 2.45) is 7.05 Å². The van der Waals surface area contributed by atoms with E-state index < -0.39 is 5.82 Å². The molecule has 1 N–H and O–H groups in total. The molecule has 3 rings (SSSR count). The summed E-state index contributed by atoms with van der Waals surface area (Å²) in [5.41, 5.74) is 0.828. The number of benzene rings is 1. The number of imidazole rings is 1. The van der Waals surface area contributed by atoms with Crippen LogP contribution in [-0.2, 0) is 13.6 Å². The third-order valence-electron chi connectivity index (χ3n) is 4.00. The maximum atomic E-state index is 13.4. The molecule has 4 nitrogen and oxygen atoms in total. The smallest absolute Gasteiger partial charge is 0.143 e. The molecule has 2 aromatic rings. The maximum Gasteiger partial charge on any atom is 0.143 e. The van der Waals surface area contributed by atoms with Gasteiger partial charge in [0.05, 0.1) is 16.1 Å². The second-order valence-electron chi connectivity index (χ2n) is 5.42. The molecule has 1 aromatic carbocycles. The first-order valence-corrected chi connectivity index (χ1v) is 7.88. The Kier molecular flexibility index (Phi) is 4.68. The van der Waals surface area contributed by atoms with Crippen LogP contribution in [0.15, 0.2) is 24.5 Å². The van der Waals surface area contributed by atoms with Gasteiger partial charge >= 0.3 is 0 Å². The van der Waals surface area contributed by atoms with Crippen LogP contribution in [0.3, 0.4) is 0 Å². The molecule has 0 bridgehead atoms. The zero-order chi connectivity index (χ0) is 15.7. The molecule has 1 atom stereocenters. The molecule has 0 amide bonds. The zero-order valence-corrected chi connectivity index (χ0v) is 13.7. The molecule has 1 saturated heterocycles. The zero-order valence-electron chi connectivity index (χ0n) is 12.2. The molecule has 1 fully saturated rings. The SMILES string of the molecule is Cn1ccnc1C1CNCCN1Cc1ccc(F)c(Cl)c1Cl. The van der Waals surface area contributed by atoms with E-state index in [1.807, 2.05) is 17.8 Å². The van der Waals surface area contributed by atoms with Gasteiger partial charge in [-0.2, -0.15) is 0 Å². The van der Waals surface area contributed by atoms with E-state index in [0.717, 1.165) is 31.0 Å². The first-order chi connectivity index (χ1) is 10.6. The molecule has 1 aromatic heterocycles. The molecule has 0 spiro atoms. The summed E-state index contributed by atoms with van der Waals surface area (Å²) in [5.74, 6) is 0.507. The van der Waals surface area contributed by atoms with Crippen molar-refractivity contribution in [1.29, 1.82) is 0 Å². The largest absolute Gasteiger partial charge is 0.337 e. The summed E-state index contributed by atoms with van der Waals surface area (Å²) in [6.45, 7) is 3.19. The highest BCUT2D eigenvalue weighted by atomic mass is 35.5. The van der Waals surface area contributed by atoms with Gasteiger partial charge in [-0.05, 0) is 11.6 Å². The first kappa shape index (κ1) is 15.7. The molecule has 0 saturated carbocycles. The first-order valence-electron chi connectivity index (χ1n) is 7.12. The van der Waals surface area contributed by atoms with Gasteiger partial charge in [-0.3, -0.25) is 4.90 Å². The summed E-state index contributed by atoms with van der Waals surface area (Å²) in [4.78, 5) is 6.73. The topological polar surface area (TPSA) is 33.1 Å². The van der Waals surface area contributed by atoms with E-state index in [9.17, 15) is 4.39 Å².